The van der Waals surface area contributed by atoms with E-state index in [1.165, 1.54) is 18.4 Å². The fraction of sp³-hybridized carbons (Fsp3) is 0.423. The highest BCUT2D eigenvalue weighted by molar-refractivity contribution is 6.31. The quantitative estimate of drug-likeness (QED) is 0.568. The van der Waals surface area contributed by atoms with Crippen molar-refractivity contribution in [3.8, 4) is 0 Å². The van der Waals surface area contributed by atoms with E-state index >= 15 is 0 Å². The summed E-state index contributed by atoms with van der Waals surface area (Å²) >= 11 is 6.22. The number of carbonyl (C=O) groups excluding carboxylic acids is 1. The molecule has 2 bridgehead atoms. The molecule has 0 spiro atoms. The average molecular weight is 423 g/mol. The monoisotopic (exact) mass is 422 g/mol. The lowest BCUT2D eigenvalue weighted by Gasteiger charge is -2.53. The number of anilines is 1. The van der Waals surface area contributed by atoms with Gasteiger partial charge in [-0.1, -0.05) is 48.9 Å². The summed E-state index contributed by atoms with van der Waals surface area (Å²) in [5.74, 6) is 2.21. The normalized spacial score (nSPS) is 25.7. The second kappa shape index (κ2) is 8.47. The molecule has 2 aromatic rings. The van der Waals surface area contributed by atoms with E-state index in [4.69, 9.17) is 11.6 Å². The number of amides is 1. The second-order valence-electron chi connectivity index (χ2n) is 9.24. The summed E-state index contributed by atoms with van der Waals surface area (Å²) in [5, 5.41) is 7.44. The van der Waals surface area contributed by atoms with Crippen molar-refractivity contribution in [2.24, 2.45) is 23.7 Å². The summed E-state index contributed by atoms with van der Waals surface area (Å²) < 4.78 is 0. The number of benzene rings is 2. The van der Waals surface area contributed by atoms with E-state index in [1.54, 1.807) is 6.07 Å². The summed E-state index contributed by atoms with van der Waals surface area (Å²) in [6.45, 7) is 10.6. The first kappa shape index (κ1) is 21.0. The van der Waals surface area contributed by atoms with Crippen molar-refractivity contribution in [1.82, 2.24) is 5.32 Å². The highest BCUT2D eigenvalue weighted by Crippen LogP contribution is 2.52. The van der Waals surface area contributed by atoms with Gasteiger partial charge in [0.15, 0.2) is 0 Å². The fourth-order valence-corrected chi connectivity index (χ4v) is 5.21. The second-order valence-corrected chi connectivity index (χ2v) is 9.65. The number of fused-ring (bicyclic) bond motifs is 2. The van der Waals surface area contributed by atoms with Gasteiger partial charge in [0.2, 0.25) is 0 Å². The van der Waals surface area contributed by atoms with Crippen LogP contribution in [-0.4, -0.2) is 11.9 Å². The number of hydrogen-bond donors (Lipinski definition) is 2. The molecule has 0 heterocycles. The Hall–Kier alpha value is -2.26. The minimum absolute atomic E-state index is 0.0183. The Kier molecular flexibility index (Phi) is 5.92. The lowest BCUT2D eigenvalue weighted by atomic mass is 9.55. The largest absolute Gasteiger partial charge is 0.359 e. The molecular weight excluding hydrogens is 392 g/mol. The van der Waals surface area contributed by atoms with Gasteiger partial charge in [-0.3, -0.25) is 4.79 Å². The molecule has 3 atom stereocenters. The van der Waals surface area contributed by atoms with E-state index in [9.17, 15) is 4.79 Å². The lowest BCUT2D eigenvalue weighted by molar-refractivity contribution is -0.000572. The molecule has 3 nitrogen and oxygen atoms in total. The first-order valence-corrected chi connectivity index (χ1v) is 11.3. The number of halogens is 1. The zero-order valence-electron chi connectivity index (χ0n) is 18.0. The number of nitrogens with one attached hydrogen (secondary N) is 2. The zero-order valence-corrected chi connectivity index (χ0v) is 18.8. The van der Waals surface area contributed by atoms with E-state index in [0.29, 0.717) is 28.3 Å². The van der Waals surface area contributed by atoms with Gasteiger partial charge >= 0.3 is 0 Å². The van der Waals surface area contributed by atoms with Gasteiger partial charge < -0.3 is 10.6 Å². The summed E-state index contributed by atoms with van der Waals surface area (Å²) in [6.07, 6.45) is 3.41. The van der Waals surface area contributed by atoms with Crippen LogP contribution in [0.3, 0.4) is 0 Å². The van der Waals surface area contributed by atoms with Gasteiger partial charge in [-0.05, 0) is 86.6 Å². The van der Waals surface area contributed by atoms with Crippen LogP contribution in [0.25, 0.3) is 0 Å². The minimum Gasteiger partial charge on any atom is -0.359 e. The predicted molar refractivity (Wildman–Crippen MR) is 125 cm³/mol. The molecular formula is C26H31ClN2O. The molecule has 3 aliphatic rings. The fourth-order valence-electron chi connectivity index (χ4n) is 5.03. The SMILES string of the molecule is C=C(Nc1ccc(C)cc1)[C@@H](C)C1C[C@H](NC(=O)c2ccc(C)c(Cl)c2)C2CC1C2. The van der Waals surface area contributed by atoms with E-state index in [1.807, 2.05) is 19.1 Å². The van der Waals surface area contributed by atoms with Crippen LogP contribution in [0.1, 0.15) is 47.7 Å². The summed E-state index contributed by atoms with van der Waals surface area (Å²) in [7, 11) is 0. The number of aryl methyl sites for hydroxylation is 2. The van der Waals surface area contributed by atoms with Crippen LogP contribution in [0.5, 0.6) is 0 Å². The van der Waals surface area contributed by atoms with Gasteiger partial charge in [-0.15, -0.1) is 0 Å². The molecule has 4 heteroatoms. The Balaban J connectivity index is 1.39. The van der Waals surface area contributed by atoms with Crippen LogP contribution in [0.2, 0.25) is 5.02 Å². The third kappa shape index (κ3) is 4.27. The summed E-state index contributed by atoms with van der Waals surface area (Å²) in [4.78, 5) is 12.8. The number of rotatable bonds is 6. The topological polar surface area (TPSA) is 41.1 Å². The molecule has 1 amide bonds. The first-order chi connectivity index (χ1) is 14.3. The highest BCUT2D eigenvalue weighted by atomic mass is 35.5. The van der Waals surface area contributed by atoms with Crippen molar-refractivity contribution in [2.45, 2.75) is 46.1 Å². The molecule has 3 fully saturated rings. The minimum atomic E-state index is -0.0183. The van der Waals surface area contributed by atoms with Crippen LogP contribution >= 0.6 is 11.6 Å². The summed E-state index contributed by atoms with van der Waals surface area (Å²) in [6, 6.07) is 14.2. The molecule has 3 saturated carbocycles. The molecule has 158 valence electrons. The Morgan fingerprint density at radius 1 is 1.07 bits per heavy atom. The van der Waals surface area contributed by atoms with Gasteiger partial charge in [0.05, 0.1) is 0 Å². The van der Waals surface area contributed by atoms with Crippen LogP contribution in [0, 0.1) is 37.5 Å². The molecule has 0 aromatic heterocycles. The average Bonchev–Trinajstić information content (AvgIpc) is 2.70. The molecule has 0 radical (unpaired) electrons. The van der Waals surface area contributed by atoms with Gasteiger partial charge in [0.25, 0.3) is 5.91 Å². The Morgan fingerprint density at radius 3 is 2.43 bits per heavy atom. The van der Waals surface area contributed by atoms with E-state index < -0.39 is 0 Å². The van der Waals surface area contributed by atoms with Gasteiger partial charge in [0, 0.05) is 28.0 Å². The standard InChI is InChI=1S/C26H31ClN2O/c1-15-5-9-22(10-6-15)28-18(4)17(3)23-14-25(21-11-20(23)12-21)29-26(30)19-8-7-16(2)24(27)13-19/h5-10,13,17,20-21,23,25,28H,4,11-12,14H2,1-3H3,(H,29,30)/t17-,20?,21?,23?,25+/m1/s1. The van der Waals surface area contributed by atoms with Gasteiger partial charge in [0.1, 0.15) is 0 Å². The number of hydrogen-bond acceptors (Lipinski definition) is 2. The maximum absolute atomic E-state index is 12.8. The van der Waals surface area contributed by atoms with Crippen LogP contribution in [0.4, 0.5) is 5.69 Å². The van der Waals surface area contributed by atoms with Crippen molar-refractivity contribution < 1.29 is 4.79 Å². The zero-order chi connectivity index (χ0) is 21.4. The maximum atomic E-state index is 12.8. The van der Waals surface area contributed by atoms with Crippen LogP contribution in [0.15, 0.2) is 54.7 Å². The Morgan fingerprint density at radius 2 is 1.77 bits per heavy atom. The van der Waals surface area contributed by atoms with Gasteiger partial charge in [-0.25, -0.2) is 0 Å². The maximum Gasteiger partial charge on any atom is 0.251 e. The third-order valence-corrected chi connectivity index (χ3v) is 7.62. The lowest BCUT2D eigenvalue weighted by Crippen LogP contribution is -2.54. The molecule has 2 N–H and O–H groups in total. The molecule has 5 rings (SSSR count). The molecule has 0 saturated heterocycles. The molecule has 30 heavy (non-hydrogen) atoms. The highest BCUT2D eigenvalue weighted by Gasteiger charge is 2.48. The number of carbonyl (C=O) groups is 1. The molecule has 2 aromatic carbocycles. The first-order valence-electron chi connectivity index (χ1n) is 10.9. The van der Waals surface area contributed by atoms with Crippen LogP contribution < -0.4 is 10.6 Å². The van der Waals surface area contributed by atoms with Gasteiger partial charge in [-0.2, -0.15) is 0 Å². The molecule has 0 aliphatic heterocycles. The molecule has 3 aliphatic carbocycles. The summed E-state index contributed by atoms with van der Waals surface area (Å²) in [5.41, 5.74) is 5.02. The van der Waals surface area contributed by atoms with E-state index in [2.05, 4.69) is 55.3 Å². The Bertz CT molecular complexity index is 946. The van der Waals surface area contributed by atoms with Crippen molar-refractivity contribution in [1.29, 1.82) is 0 Å². The smallest absolute Gasteiger partial charge is 0.251 e. The number of allylic oxidation sites excluding steroid dienone is 1. The molecule has 1 unspecified atom stereocenters. The predicted octanol–water partition coefficient (Wildman–Crippen LogP) is 6.36. The third-order valence-electron chi connectivity index (χ3n) is 7.21. The van der Waals surface area contributed by atoms with Crippen LogP contribution in [-0.2, 0) is 0 Å². The van der Waals surface area contributed by atoms with E-state index in [0.717, 1.165) is 29.3 Å². The van der Waals surface area contributed by atoms with Crippen molar-refractivity contribution in [3.05, 3.63) is 76.5 Å². The van der Waals surface area contributed by atoms with Crippen molar-refractivity contribution >= 4 is 23.2 Å². The Labute approximate surface area is 184 Å². The van der Waals surface area contributed by atoms with E-state index in [-0.39, 0.29) is 11.9 Å². The van der Waals surface area contributed by atoms with Crippen molar-refractivity contribution in [3.63, 3.8) is 0 Å². The van der Waals surface area contributed by atoms with Crippen molar-refractivity contribution in [2.75, 3.05) is 5.32 Å².